The smallest absolute Gasteiger partial charge is 0.251 e. The second-order valence-corrected chi connectivity index (χ2v) is 4.04. The van der Waals surface area contributed by atoms with E-state index in [4.69, 9.17) is 5.73 Å². The largest absolute Gasteiger partial charge is 0.494 e. The van der Waals surface area contributed by atoms with Crippen molar-refractivity contribution in [1.29, 1.82) is 0 Å². The lowest BCUT2D eigenvalue weighted by atomic mass is 10.2. The average molecular weight is 259 g/mol. The van der Waals surface area contributed by atoms with Crippen LogP contribution < -0.4 is 16.6 Å². The zero-order valence-corrected chi connectivity index (χ0v) is 10.0. The molecule has 0 saturated heterocycles. The Morgan fingerprint density at radius 3 is 2.58 bits per heavy atom. The first-order valence-corrected chi connectivity index (χ1v) is 5.60. The summed E-state index contributed by atoms with van der Waals surface area (Å²) in [5.74, 6) is -0.775. The van der Waals surface area contributed by atoms with Crippen molar-refractivity contribution in [3.05, 3.63) is 57.9 Å². The fraction of sp³-hybridized carbons (Fsp3) is 0.0769. The molecule has 1 heterocycles. The van der Waals surface area contributed by atoms with Crippen molar-refractivity contribution in [2.24, 2.45) is 0 Å². The number of amides is 1. The molecule has 6 heteroatoms. The van der Waals surface area contributed by atoms with Crippen molar-refractivity contribution in [3.8, 4) is 5.88 Å². The first kappa shape index (κ1) is 12.7. The lowest BCUT2D eigenvalue weighted by Gasteiger charge is -2.05. The van der Waals surface area contributed by atoms with E-state index >= 15 is 0 Å². The second kappa shape index (κ2) is 5.26. The molecule has 0 aliphatic heterocycles. The topological polar surface area (TPSA) is 108 Å². The number of pyridine rings is 1. The zero-order valence-electron chi connectivity index (χ0n) is 10.0. The van der Waals surface area contributed by atoms with Gasteiger partial charge in [0, 0.05) is 24.4 Å². The van der Waals surface area contributed by atoms with E-state index in [1.807, 2.05) is 0 Å². The van der Waals surface area contributed by atoms with Crippen molar-refractivity contribution >= 4 is 11.6 Å². The number of aromatic hydroxyl groups is 1. The lowest BCUT2D eigenvalue weighted by Crippen LogP contribution is -2.24. The summed E-state index contributed by atoms with van der Waals surface area (Å²) in [5.41, 5.74) is 6.67. The summed E-state index contributed by atoms with van der Waals surface area (Å²) in [5, 5.41) is 11.9. The maximum atomic E-state index is 11.8. The van der Waals surface area contributed by atoms with Gasteiger partial charge in [-0.2, -0.15) is 0 Å². The van der Waals surface area contributed by atoms with Crippen molar-refractivity contribution in [1.82, 2.24) is 10.3 Å². The Hall–Kier alpha value is -2.76. The number of carbonyl (C=O) groups is 1. The van der Waals surface area contributed by atoms with E-state index in [9.17, 15) is 14.7 Å². The highest BCUT2D eigenvalue weighted by Crippen LogP contribution is 2.07. The standard InChI is InChI=1S/C13H13N3O3/c14-10-3-1-8(2-4-10)7-15-13(19)9-5-11(17)16-12(18)6-9/h1-6H,7,14H2,(H,15,19)(H2,16,17,18). The molecule has 98 valence electrons. The molecule has 0 aliphatic rings. The van der Waals surface area contributed by atoms with Gasteiger partial charge in [-0.25, -0.2) is 0 Å². The maximum absolute atomic E-state index is 11.8. The highest BCUT2D eigenvalue weighted by atomic mass is 16.3. The van der Waals surface area contributed by atoms with Crippen LogP contribution in [0.1, 0.15) is 15.9 Å². The quantitative estimate of drug-likeness (QED) is 0.605. The van der Waals surface area contributed by atoms with Gasteiger partial charge in [-0.1, -0.05) is 12.1 Å². The third-order valence-corrected chi connectivity index (χ3v) is 2.53. The number of rotatable bonds is 3. The minimum Gasteiger partial charge on any atom is -0.494 e. The Kier molecular flexibility index (Phi) is 3.51. The molecular formula is C13H13N3O3. The summed E-state index contributed by atoms with van der Waals surface area (Å²) >= 11 is 0. The lowest BCUT2D eigenvalue weighted by molar-refractivity contribution is 0.0950. The van der Waals surface area contributed by atoms with Crippen molar-refractivity contribution in [2.75, 3.05) is 5.73 Å². The summed E-state index contributed by atoms with van der Waals surface area (Å²) in [6.45, 7) is 0.312. The summed E-state index contributed by atoms with van der Waals surface area (Å²) in [4.78, 5) is 25.1. The van der Waals surface area contributed by atoms with Crippen LogP contribution in [-0.2, 0) is 6.54 Å². The molecule has 1 amide bonds. The molecule has 0 atom stereocenters. The van der Waals surface area contributed by atoms with Gasteiger partial charge in [0.15, 0.2) is 5.88 Å². The number of nitrogens with two attached hydrogens (primary N) is 1. The van der Waals surface area contributed by atoms with Gasteiger partial charge in [-0.15, -0.1) is 0 Å². The normalized spacial score (nSPS) is 10.1. The van der Waals surface area contributed by atoms with Crippen LogP contribution in [0.4, 0.5) is 5.69 Å². The van der Waals surface area contributed by atoms with E-state index in [-0.39, 0.29) is 11.4 Å². The number of anilines is 1. The molecule has 0 bridgehead atoms. The Morgan fingerprint density at radius 2 is 1.95 bits per heavy atom. The van der Waals surface area contributed by atoms with Crippen LogP contribution in [-0.4, -0.2) is 16.0 Å². The molecular weight excluding hydrogens is 246 g/mol. The molecule has 0 spiro atoms. The van der Waals surface area contributed by atoms with Crippen LogP contribution in [0.5, 0.6) is 5.88 Å². The van der Waals surface area contributed by atoms with E-state index in [0.29, 0.717) is 12.2 Å². The summed E-state index contributed by atoms with van der Waals surface area (Å²) in [6.07, 6.45) is 0. The van der Waals surface area contributed by atoms with E-state index in [2.05, 4.69) is 10.3 Å². The fourth-order valence-electron chi connectivity index (χ4n) is 1.58. The van der Waals surface area contributed by atoms with Crippen LogP contribution in [0.15, 0.2) is 41.2 Å². The van der Waals surface area contributed by atoms with Gasteiger partial charge >= 0.3 is 0 Å². The van der Waals surface area contributed by atoms with Gasteiger partial charge in [0.25, 0.3) is 11.5 Å². The van der Waals surface area contributed by atoms with E-state index in [0.717, 1.165) is 11.6 Å². The van der Waals surface area contributed by atoms with Crippen LogP contribution in [0.3, 0.4) is 0 Å². The molecule has 6 nitrogen and oxygen atoms in total. The Bertz CT molecular complexity index is 647. The molecule has 2 rings (SSSR count). The number of benzene rings is 1. The van der Waals surface area contributed by atoms with Gasteiger partial charge in [0.1, 0.15) is 0 Å². The molecule has 1 aromatic carbocycles. The molecule has 5 N–H and O–H groups in total. The van der Waals surface area contributed by atoms with E-state index < -0.39 is 11.5 Å². The van der Waals surface area contributed by atoms with Crippen molar-refractivity contribution in [2.45, 2.75) is 6.54 Å². The summed E-state index contributed by atoms with van der Waals surface area (Å²) in [7, 11) is 0. The minimum absolute atomic E-state index is 0.108. The summed E-state index contributed by atoms with van der Waals surface area (Å²) in [6, 6.07) is 9.38. The average Bonchev–Trinajstić information content (AvgIpc) is 2.36. The van der Waals surface area contributed by atoms with Gasteiger partial charge in [-0.3, -0.25) is 14.6 Å². The minimum atomic E-state index is -0.530. The molecule has 0 aliphatic carbocycles. The van der Waals surface area contributed by atoms with Crippen LogP contribution in [0, 0.1) is 0 Å². The Balaban J connectivity index is 2.05. The SMILES string of the molecule is Nc1ccc(CNC(=O)c2cc(O)[nH]c(=O)c2)cc1. The molecule has 0 saturated carbocycles. The van der Waals surface area contributed by atoms with Crippen molar-refractivity contribution < 1.29 is 9.90 Å². The first-order valence-electron chi connectivity index (χ1n) is 5.60. The van der Waals surface area contributed by atoms with Crippen molar-refractivity contribution in [3.63, 3.8) is 0 Å². The fourth-order valence-corrected chi connectivity index (χ4v) is 1.58. The van der Waals surface area contributed by atoms with E-state index in [1.54, 1.807) is 24.3 Å². The molecule has 1 aromatic heterocycles. The number of aromatic nitrogens is 1. The molecule has 2 aromatic rings. The van der Waals surface area contributed by atoms with Gasteiger partial charge in [0.05, 0.1) is 5.56 Å². The highest BCUT2D eigenvalue weighted by Gasteiger charge is 2.07. The number of hydrogen-bond acceptors (Lipinski definition) is 4. The number of hydrogen-bond donors (Lipinski definition) is 4. The number of nitrogens with one attached hydrogen (secondary N) is 2. The number of H-pyrrole nitrogens is 1. The monoisotopic (exact) mass is 259 g/mol. The maximum Gasteiger partial charge on any atom is 0.251 e. The van der Waals surface area contributed by atoms with Gasteiger partial charge < -0.3 is 16.2 Å². The van der Waals surface area contributed by atoms with Crippen LogP contribution in [0.25, 0.3) is 0 Å². The Labute approximate surface area is 108 Å². The number of carbonyl (C=O) groups excluding carboxylic acids is 1. The zero-order chi connectivity index (χ0) is 13.8. The predicted molar refractivity (Wildman–Crippen MR) is 70.8 cm³/mol. The third kappa shape index (κ3) is 3.35. The highest BCUT2D eigenvalue weighted by molar-refractivity contribution is 5.94. The van der Waals surface area contributed by atoms with E-state index in [1.165, 1.54) is 6.07 Å². The molecule has 0 fully saturated rings. The number of aromatic amines is 1. The first-order chi connectivity index (χ1) is 9.04. The second-order valence-electron chi connectivity index (χ2n) is 4.04. The summed E-state index contributed by atoms with van der Waals surface area (Å²) < 4.78 is 0. The van der Waals surface area contributed by atoms with Gasteiger partial charge in [-0.05, 0) is 17.7 Å². The van der Waals surface area contributed by atoms with Crippen LogP contribution >= 0.6 is 0 Å². The molecule has 19 heavy (non-hydrogen) atoms. The predicted octanol–water partition coefficient (Wildman–Crippen LogP) is 0.593. The van der Waals surface area contributed by atoms with Crippen LogP contribution in [0.2, 0.25) is 0 Å². The third-order valence-electron chi connectivity index (χ3n) is 2.53. The Morgan fingerprint density at radius 1 is 1.26 bits per heavy atom. The molecule has 0 radical (unpaired) electrons. The molecule has 0 unspecified atom stereocenters. The van der Waals surface area contributed by atoms with Gasteiger partial charge in [0.2, 0.25) is 0 Å². The number of nitrogen functional groups attached to an aromatic ring is 1.